The van der Waals surface area contributed by atoms with Gasteiger partial charge in [-0.05, 0) is 37.1 Å². The Morgan fingerprint density at radius 1 is 1.44 bits per heavy atom. The lowest BCUT2D eigenvalue weighted by Crippen LogP contribution is -2.21. The molecule has 1 amide bonds. The fourth-order valence-electron chi connectivity index (χ4n) is 1.82. The van der Waals surface area contributed by atoms with Crippen molar-refractivity contribution in [3.8, 4) is 5.75 Å². The zero-order chi connectivity index (χ0) is 12.8. The average molecular weight is 251 g/mol. The van der Waals surface area contributed by atoms with Crippen LogP contribution in [0.3, 0.4) is 0 Å². The fraction of sp³-hybridized carbons (Fsp3) is 0.462. The number of rotatable bonds is 5. The molecule has 1 aliphatic heterocycles. The monoisotopic (exact) mass is 251 g/mol. The summed E-state index contributed by atoms with van der Waals surface area (Å²) in [6.45, 7) is 1.38. The van der Waals surface area contributed by atoms with Crippen LogP contribution in [0.2, 0.25) is 0 Å². The molecule has 0 aromatic heterocycles. The van der Waals surface area contributed by atoms with E-state index in [0.29, 0.717) is 12.2 Å². The van der Waals surface area contributed by atoms with E-state index >= 15 is 0 Å². The molecule has 1 heterocycles. The third kappa shape index (κ3) is 3.45. The molecule has 0 bridgehead atoms. The minimum atomic E-state index is -0.275. The molecule has 0 unspecified atom stereocenters. The summed E-state index contributed by atoms with van der Waals surface area (Å²) in [5.74, 6) is 0.461. The Morgan fingerprint density at radius 3 is 2.83 bits per heavy atom. The highest BCUT2D eigenvalue weighted by molar-refractivity contribution is 5.93. The van der Waals surface area contributed by atoms with E-state index < -0.39 is 0 Å². The normalized spacial score (nSPS) is 18.6. The summed E-state index contributed by atoms with van der Waals surface area (Å²) in [5.41, 5.74) is 2.79. The first-order valence-electron chi connectivity index (χ1n) is 5.97. The molecule has 0 saturated carbocycles. The summed E-state index contributed by atoms with van der Waals surface area (Å²) < 4.78 is 11.1. The van der Waals surface area contributed by atoms with Gasteiger partial charge in [-0.15, -0.1) is 0 Å². The number of hydrogen-bond acceptors (Lipinski definition) is 4. The third-order valence-electron chi connectivity index (χ3n) is 2.77. The van der Waals surface area contributed by atoms with Crippen LogP contribution in [0.15, 0.2) is 24.3 Å². The summed E-state index contributed by atoms with van der Waals surface area (Å²) in [6.07, 6.45) is 2.35. The predicted octanol–water partition coefficient (Wildman–Crippen LogP) is 1.54. The quantitative estimate of drug-likeness (QED) is 0.806. The van der Waals surface area contributed by atoms with Crippen molar-refractivity contribution in [2.24, 2.45) is 0 Å². The smallest absolute Gasteiger partial charge is 0.274 e. The standard InChI is InChI=1S/C13H17NO4/c1-16-14-13(15)10-4-6-11(7-5-10)18-9-12-3-2-8-17-12/h4-7,12H,2-3,8-9H2,1H3,(H,14,15)/t12-/m0/s1. The minimum absolute atomic E-state index is 0.196. The number of benzene rings is 1. The highest BCUT2D eigenvalue weighted by Crippen LogP contribution is 2.16. The molecule has 1 aromatic carbocycles. The average Bonchev–Trinajstić information content (AvgIpc) is 2.90. The number of amides is 1. The van der Waals surface area contributed by atoms with E-state index in [4.69, 9.17) is 9.47 Å². The largest absolute Gasteiger partial charge is 0.491 e. The van der Waals surface area contributed by atoms with Crippen molar-refractivity contribution in [2.75, 3.05) is 20.3 Å². The molecular weight excluding hydrogens is 234 g/mol. The second kappa shape index (κ2) is 6.37. The van der Waals surface area contributed by atoms with Gasteiger partial charge in [-0.1, -0.05) is 0 Å². The zero-order valence-electron chi connectivity index (χ0n) is 10.3. The first-order chi connectivity index (χ1) is 8.79. The molecule has 1 saturated heterocycles. The van der Waals surface area contributed by atoms with Crippen molar-refractivity contribution in [1.82, 2.24) is 5.48 Å². The Hall–Kier alpha value is -1.59. The fourth-order valence-corrected chi connectivity index (χ4v) is 1.82. The van der Waals surface area contributed by atoms with Gasteiger partial charge < -0.3 is 9.47 Å². The number of carbonyl (C=O) groups excluding carboxylic acids is 1. The van der Waals surface area contributed by atoms with Gasteiger partial charge in [0.25, 0.3) is 5.91 Å². The molecule has 5 heteroatoms. The summed E-state index contributed by atoms with van der Waals surface area (Å²) in [6, 6.07) is 6.91. The van der Waals surface area contributed by atoms with Crippen LogP contribution in [-0.2, 0) is 9.57 Å². The molecule has 98 valence electrons. The van der Waals surface area contributed by atoms with E-state index in [1.807, 2.05) is 0 Å². The van der Waals surface area contributed by atoms with Crippen LogP contribution in [-0.4, -0.2) is 32.3 Å². The third-order valence-corrected chi connectivity index (χ3v) is 2.77. The van der Waals surface area contributed by atoms with E-state index in [9.17, 15) is 4.79 Å². The molecule has 0 spiro atoms. The SMILES string of the molecule is CONC(=O)c1ccc(OC[C@@H]2CCCO2)cc1. The van der Waals surface area contributed by atoms with Crippen LogP contribution in [0.1, 0.15) is 23.2 Å². The number of ether oxygens (including phenoxy) is 2. The van der Waals surface area contributed by atoms with Crippen molar-refractivity contribution >= 4 is 5.91 Å². The van der Waals surface area contributed by atoms with Gasteiger partial charge in [0.05, 0.1) is 13.2 Å². The number of nitrogens with one attached hydrogen (secondary N) is 1. The maximum absolute atomic E-state index is 11.4. The molecule has 1 aliphatic rings. The molecular formula is C13H17NO4. The van der Waals surface area contributed by atoms with Gasteiger partial charge in [0, 0.05) is 12.2 Å². The number of hydrogen-bond donors (Lipinski definition) is 1. The summed E-state index contributed by atoms with van der Waals surface area (Å²) in [5, 5.41) is 0. The van der Waals surface area contributed by atoms with Crippen molar-refractivity contribution in [1.29, 1.82) is 0 Å². The van der Waals surface area contributed by atoms with Gasteiger partial charge in [0.2, 0.25) is 0 Å². The van der Waals surface area contributed by atoms with Crippen molar-refractivity contribution < 1.29 is 19.1 Å². The summed E-state index contributed by atoms with van der Waals surface area (Å²) in [4.78, 5) is 16.0. The highest BCUT2D eigenvalue weighted by Gasteiger charge is 2.16. The van der Waals surface area contributed by atoms with Gasteiger partial charge in [-0.25, -0.2) is 5.48 Å². The van der Waals surface area contributed by atoms with E-state index in [0.717, 1.165) is 25.2 Å². The molecule has 2 rings (SSSR count). The molecule has 5 nitrogen and oxygen atoms in total. The number of hydroxylamine groups is 1. The van der Waals surface area contributed by atoms with Gasteiger partial charge in [-0.2, -0.15) is 0 Å². The van der Waals surface area contributed by atoms with Crippen molar-refractivity contribution in [3.63, 3.8) is 0 Å². The Balaban J connectivity index is 1.85. The zero-order valence-corrected chi connectivity index (χ0v) is 10.3. The molecule has 1 atom stereocenters. The summed E-state index contributed by atoms with van der Waals surface area (Å²) >= 11 is 0. The van der Waals surface area contributed by atoms with Crippen molar-refractivity contribution in [3.05, 3.63) is 29.8 Å². The molecule has 1 aromatic rings. The summed E-state index contributed by atoms with van der Waals surface area (Å²) in [7, 11) is 1.40. The Kier molecular flexibility index (Phi) is 4.55. The second-order valence-electron chi connectivity index (χ2n) is 4.11. The van der Waals surface area contributed by atoms with E-state index in [-0.39, 0.29) is 12.0 Å². The Bertz CT molecular complexity index is 384. The second-order valence-corrected chi connectivity index (χ2v) is 4.11. The van der Waals surface area contributed by atoms with Crippen molar-refractivity contribution in [2.45, 2.75) is 18.9 Å². The van der Waals surface area contributed by atoms with Crippen LogP contribution in [0.4, 0.5) is 0 Å². The molecule has 1 N–H and O–H groups in total. The Labute approximate surface area is 106 Å². The lowest BCUT2D eigenvalue weighted by atomic mass is 10.2. The van der Waals surface area contributed by atoms with Crippen LogP contribution in [0.25, 0.3) is 0 Å². The predicted molar refractivity (Wildman–Crippen MR) is 65.4 cm³/mol. The lowest BCUT2D eigenvalue weighted by molar-refractivity contribution is 0.0537. The van der Waals surface area contributed by atoms with E-state index in [1.165, 1.54) is 7.11 Å². The first-order valence-corrected chi connectivity index (χ1v) is 5.97. The molecule has 18 heavy (non-hydrogen) atoms. The van der Waals surface area contributed by atoms with Gasteiger partial charge in [0.15, 0.2) is 0 Å². The molecule has 1 fully saturated rings. The maximum Gasteiger partial charge on any atom is 0.274 e. The topological polar surface area (TPSA) is 56.8 Å². The molecule has 0 aliphatic carbocycles. The highest BCUT2D eigenvalue weighted by atomic mass is 16.6. The maximum atomic E-state index is 11.4. The van der Waals surface area contributed by atoms with Crippen LogP contribution in [0, 0.1) is 0 Å². The van der Waals surface area contributed by atoms with Gasteiger partial charge in [-0.3, -0.25) is 9.63 Å². The van der Waals surface area contributed by atoms with Gasteiger partial charge >= 0.3 is 0 Å². The van der Waals surface area contributed by atoms with Crippen LogP contribution >= 0.6 is 0 Å². The first kappa shape index (κ1) is 12.9. The number of carbonyl (C=O) groups is 1. The lowest BCUT2D eigenvalue weighted by Gasteiger charge is -2.11. The van der Waals surface area contributed by atoms with E-state index in [1.54, 1.807) is 24.3 Å². The van der Waals surface area contributed by atoms with Gasteiger partial charge in [0.1, 0.15) is 12.4 Å². The Morgan fingerprint density at radius 2 is 2.22 bits per heavy atom. The van der Waals surface area contributed by atoms with E-state index in [2.05, 4.69) is 10.3 Å². The molecule has 0 radical (unpaired) electrons. The minimum Gasteiger partial charge on any atom is -0.491 e. The van der Waals surface area contributed by atoms with Crippen LogP contribution < -0.4 is 10.2 Å². The van der Waals surface area contributed by atoms with Crippen LogP contribution in [0.5, 0.6) is 5.75 Å².